The Labute approximate surface area is 250 Å². The zero-order valence-electron chi connectivity index (χ0n) is 24.5. The van der Waals surface area contributed by atoms with E-state index >= 15 is 0 Å². The number of fused-ring (bicyclic) bond motifs is 3. The van der Waals surface area contributed by atoms with Gasteiger partial charge in [0.25, 0.3) is 0 Å². The molecule has 0 fully saturated rings. The number of hydrogen-bond acceptors (Lipinski definition) is 3. The number of ketones is 1. The number of allylic oxidation sites excluding steroid dienone is 2. The van der Waals surface area contributed by atoms with Gasteiger partial charge in [-0.05, 0) is 46.8 Å². The third-order valence-electron chi connectivity index (χ3n) is 7.59. The fourth-order valence-corrected chi connectivity index (χ4v) is 4.13. The Kier molecular flexibility index (Phi) is 10.9. The quantitative estimate of drug-likeness (QED) is 0.0934. The third kappa shape index (κ3) is 7.41. The largest absolute Gasteiger partial charge is 0.512 e. The van der Waals surface area contributed by atoms with Crippen molar-refractivity contribution in [2.45, 2.75) is 68.2 Å². The minimum atomic E-state index is -0.580. The molecular weight excluding hydrogens is 685 g/mol. The number of aromatic nitrogens is 1. The van der Waals surface area contributed by atoms with Crippen LogP contribution >= 0.6 is 0 Å². The van der Waals surface area contributed by atoms with E-state index in [9.17, 15) is 18.7 Å². The number of carbonyl (C=O) groups excluding carboxylic acids is 1. The molecule has 3 nitrogen and oxygen atoms in total. The SMILES string of the molecule is CCC(C)(C)C(=O)/C=C(\O)C(C)(C)CC.Cc1[c-]c(-c2nccc3c2ccc2c(F)cc(F)cc23)cc(C)c1.[Ir]. The molecule has 0 saturated heterocycles. The molecule has 4 aromatic rings. The normalized spacial score (nSPS) is 12.1. The number of hydrogen-bond donors (Lipinski definition) is 1. The molecule has 40 heavy (non-hydrogen) atoms. The summed E-state index contributed by atoms with van der Waals surface area (Å²) >= 11 is 0. The van der Waals surface area contributed by atoms with Crippen molar-refractivity contribution < 1.29 is 38.8 Å². The van der Waals surface area contributed by atoms with Crippen LogP contribution in [0.5, 0.6) is 0 Å². The van der Waals surface area contributed by atoms with Crippen LogP contribution in [0, 0.1) is 42.4 Å². The van der Waals surface area contributed by atoms with Crippen LogP contribution in [0.3, 0.4) is 0 Å². The van der Waals surface area contributed by atoms with E-state index in [1.165, 1.54) is 12.1 Å². The predicted octanol–water partition coefficient (Wildman–Crippen LogP) is 9.62. The van der Waals surface area contributed by atoms with Gasteiger partial charge in [-0.15, -0.1) is 34.9 Å². The monoisotopic (exact) mass is 723 g/mol. The number of aliphatic hydroxyl groups excluding tert-OH is 1. The van der Waals surface area contributed by atoms with E-state index in [2.05, 4.69) is 17.1 Å². The number of halogens is 2. The van der Waals surface area contributed by atoms with Gasteiger partial charge in [-0.25, -0.2) is 8.78 Å². The molecule has 0 spiro atoms. The molecule has 1 radical (unpaired) electrons. The fraction of sp³-hybridized carbons (Fsp3) is 0.353. The summed E-state index contributed by atoms with van der Waals surface area (Å²) in [5.74, 6) is -0.937. The van der Waals surface area contributed by atoms with Crippen molar-refractivity contribution in [1.82, 2.24) is 4.98 Å². The first kappa shape index (κ1) is 33.3. The maximum atomic E-state index is 14.0. The molecule has 1 N–H and O–H groups in total. The molecule has 1 heterocycles. The number of pyridine rings is 1. The van der Waals surface area contributed by atoms with E-state index in [0.29, 0.717) is 10.8 Å². The van der Waals surface area contributed by atoms with Gasteiger partial charge < -0.3 is 10.1 Å². The summed E-state index contributed by atoms with van der Waals surface area (Å²) in [7, 11) is 0. The number of rotatable bonds is 6. The Morgan fingerprint density at radius 3 is 2.12 bits per heavy atom. The maximum Gasteiger partial charge on any atom is 0.164 e. The number of nitrogens with zero attached hydrogens (tertiary/aromatic N) is 1. The van der Waals surface area contributed by atoms with E-state index in [-0.39, 0.29) is 42.5 Å². The molecule has 0 atom stereocenters. The predicted molar refractivity (Wildman–Crippen MR) is 157 cm³/mol. The average molecular weight is 723 g/mol. The summed E-state index contributed by atoms with van der Waals surface area (Å²) in [5, 5.41) is 12.4. The zero-order valence-corrected chi connectivity index (χ0v) is 26.9. The van der Waals surface area contributed by atoms with E-state index in [4.69, 9.17) is 0 Å². The van der Waals surface area contributed by atoms with Crippen molar-refractivity contribution in [2.24, 2.45) is 10.8 Å². The minimum absolute atomic E-state index is 0. The van der Waals surface area contributed by atoms with E-state index < -0.39 is 11.6 Å². The maximum absolute atomic E-state index is 14.0. The zero-order chi connectivity index (χ0) is 29.1. The number of aliphatic hydroxyl groups is 1. The van der Waals surface area contributed by atoms with Crippen LogP contribution in [0.25, 0.3) is 32.8 Å². The summed E-state index contributed by atoms with van der Waals surface area (Å²) in [4.78, 5) is 16.3. The molecular formula is C34H38F2IrNO2-. The van der Waals surface area contributed by atoms with Gasteiger partial charge in [0.1, 0.15) is 17.4 Å². The molecule has 0 aliphatic carbocycles. The van der Waals surface area contributed by atoms with Gasteiger partial charge in [-0.2, -0.15) is 0 Å². The smallest absolute Gasteiger partial charge is 0.164 e. The number of benzene rings is 3. The molecule has 6 heteroatoms. The van der Waals surface area contributed by atoms with E-state index in [0.717, 1.165) is 52.1 Å². The summed E-state index contributed by atoms with van der Waals surface area (Å²) in [6.07, 6.45) is 4.66. The van der Waals surface area contributed by atoms with Crippen LogP contribution in [0.2, 0.25) is 0 Å². The molecule has 4 rings (SSSR count). The van der Waals surface area contributed by atoms with E-state index in [1.54, 1.807) is 18.3 Å². The van der Waals surface area contributed by atoms with Crippen molar-refractivity contribution in [3.05, 3.63) is 89.3 Å². The van der Waals surface area contributed by atoms with Gasteiger partial charge in [-0.3, -0.25) is 4.79 Å². The molecule has 0 saturated carbocycles. The first-order chi connectivity index (χ1) is 18.2. The summed E-state index contributed by atoms with van der Waals surface area (Å²) in [6.45, 7) is 15.7. The van der Waals surface area contributed by atoms with Crippen molar-refractivity contribution in [1.29, 1.82) is 0 Å². The summed E-state index contributed by atoms with van der Waals surface area (Å²) in [6, 6.07) is 15.0. The van der Waals surface area contributed by atoms with Crippen molar-refractivity contribution in [3.63, 3.8) is 0 Å². The molecule has 3 aromatic carbocycles. The fourth-order valence-electron chi connectivity index (χ4n) is 4.13. The van der Waals surface area contributed by atoms with Crippen molar-refractivity contribution in [3.8, 4) is 11.3 Å². The van der Waals surface area contributed by atoms with Crippen LogP contribution in [0.4, 0.5) is 8.78 Å². The van der Waals surface area contributed by atoms with Crippen LogP contribution in [-0.4, -0.2) is 15.9 Å². The Bertz CT molecular complexity index is 1540. The van der Waals surface area contributed by atoms with Crippen molar-refractivity contribution in [2.75, 3.05) is 0 Å². The summed E-state index contributed by atoms with van der Waals surface area (Å²) in [5.41, 5.74) is 3.12. The van der Waals surface area contributed by atoms with E-state index in [1.807, 2.05) is 67.5 Å². The van der Waals surface area contributed by atoms with Crippen molar-refractivity contribution >= 4 is 27.3 Å². The second-order valence-corrected chi connectivity index (χ2v) is 11.4. The Hall–Kier alpha value is -2.95. The molecule has 0 amide bonds. The average Bonchev–Trinajstić information content (AvgIpc) is 2.87. The molecule has 215 valence electrons. The van der Waals surface area contributed by atoms with Gasteiger partial charge in [-0.1, -0.05) is 67.5 Å². The molecule has 0 aliphatic heterocycles. The molecule has 0 bridgehead atoms. The standard InChI is InChI=1S/C21H14F2N.C13H24O2.Ir/c1-12-7-13(2)9-14(8-12)21-18-4-3-17-19(16(18)5-6-24-21)10-15(22)11-20(17)23;1-7-12(3,4)10(14)9-11(15)13(5,6)8-2;/h3-8,10-11H,1-2H3;9,14H,7-8H2,1-6H3;/q-1;;/b;10-9-;. The van der Waals surface area contributed by atoms with Crippen LogP contribution in [-0.2, 0) is 24.9 Å². The molecule has 0 unspecified atom stereocenters. The third-order valence-corrected chi connectivity index (χ3v) is 7.59. The minimum Gasteiger partial charge on any atom is -0.512 e. The van der Waals surface area contributed by atoms with Crippen LogP contribution in [0.1, 0.15) is 65.5 Å². The number of carbonyl (C=O) groups is 1. The summed E-state index contributed by atoms with van der Waals surface area (Å²) < 4.78 is 27.7. The van der Waals surface area contributed by atoms with Gasteiger partial charge in [0.05, 0.1) is 0 Å². The van der Waals surface area contributed by atoms with Gasteiger partial charge in [0.2, 0.25) is 0 Å². The molecule has 0 aliphatic rings. The Balaban J connectivity index is 0.000000307. The van der Waals surface area contributed by atoms with Gasteiger partial charge in [0.15, 0.2) is 5.78 Å². The van der Waals surface area contributed by atoms with Crippen LogP contribution in [0.15, 0.2) is 60.5 Å². The Morgan fingerprint density at radius 1 is 0.900 bits per heavy atom. The second kappa shape index (κ2) is 13.1. The topological polar surface area (TPSA) is 50.2 Å². The number of aryl methyl sites for hydroxylation is 2. The Morgan fingerprint density at radius 2 is 1.52 bits per heavy atom. The van der Waals surface area contributed by atoms with Gasteiger partial charge >= 0.3 is 0 Å². The second-order valence-electron chi connectivity index (χ2n) is 11.4. The first-order valence-corrected chi connectivity index (χ1v) is 13.3. The van der Waals surface area contributed by atoms with Gasteiger partial charge in [0, 0.05) is 54.7 Å². The first-order valence-electron chi connectivity index (χ1n) is 13.3. The molecule has 1 aromatic heterocycles. The van der Waals surface area contributed by atoms with Crippen LogP contribution < -0.4 is 0 Å².